The van der Waals surface area contributed by atoms with Crippen molar-refractivity contribution in [2.75, 3.05) is 13.1 Å². The van der Waals surface area contributed by atoms with Crippen LogP contribution in [-0.2, 0) is 11.3 Å². The van der Waals surface area contributed by atoms with Crippen LogP contribution in [0.1, 0.15) is 100 Å². The Bertz CT molecular complexity index is 1730. The highest BCUT2D eigenvalue weighted by Crippen LogP contribution is 2.27. The van der Waals surface area contributed by atoms with E-state index in [-0.39, 0.29) is 48.0 Å². The molecule has 0 saturated heterocycles. The Hall–Kier alpha value is -4.99. The second-order valence-electron chi connectivity index (χ2n) is 12.3. The molecule has 3 N–H and O–H groups in total. The molecule has 15 nitrogen and oxygen atoms in total. The Labute approximate surface area is 275 Å². The van der Waals surface area contributed by atoms with Gasteiger partial charge in [0.15, 0.2) is 5.69 Å². The summed E-state index contributed by atoms with van der Waals surface area (Å²) in [4.78, 5) is 64.4. The molecule has 0 spiro atoms. The van der Waals surface area contributed by atoms with E-state index in [0.717, 1.165) is 5.56 Å². The highest BCUT2D eigenvalue weighted by atomic mass is 32.1. The molecule has 1 aromatic carbocycles. The zero-order chi connectivity index (χ0) is 33.8. The third-order valence-corrected chi connectivity index (χ3v) is 8.61. The first-order chi connectivity index (χ1) is 22.4. The standard InChI is InChI=1S/C31H38N10O5S/c1-16(2)24-29-37-26(19(6)46-29)28(44)33-18(5)11-40(31(45)21-9-7-20(8-10-21)12-41-15-32-38-39-41)13-23(42)35-25(17(3)4)30-34-22(14-47-30)27(43)36-24/h7-10,14-18,24-25H,11-13H2,1-6H3,(H,33,44)(H,35,42)(H,36,43)/t18-,24-,25+/m1/s1. The Kier molecular flexibility index (Phi) is 10.1. The number of aromatic nitrogens is 6. The van der Waals surface area contributed by atoms with Crippen LogP contribution in [0.25, 0.3) is 0 Å². The van der Waals surface area contributed by atoms with Crippen molar-refractivity contribution in [1.82, 2.24) is 51.0 Å². The van der Waals surface area contributed by atoms with Crippen molar-refractivity contribution < 1.29 is 23.6 Å². The van der Waals surface area contributed by atoms with Gasteiger partial charge in [-0.05, 0) is 53.8 Å². The van der Waals surface area contributed by atoms with Crippen molar-refractivity contribution in [1.29, 1.82) is 0 Å². The summed E-state index contributed by atoms with van der Waals surface area (Å²) in [7, 11) is 0. The molecular formula is C31H38N10O5S. The van der Waals surface area contributed by atoms with E-state index in [1.165, 1.54) is 22.6 Å². The van der Waals surface area contributed by atoms with Gasteiger partial charge in [-0.15, -0.1) is 16.4 Å². The van der Waals surface area contributed by atoms with Crippen LogP contribution >= 0.6 is 11.3 Å². The number of rotatable bonds is 5. The minimum atomic E-state index is -0.628. The van der Waals surface area contributed by atoms with E-state index in [1.807, 2.05) is 27.7 Å². The molecule has 16 heteroatoms. The number of nitrogens with one attached hydrogen (secondary N) is 3. The van der Waals surface area contributed by atoms with Crippen molar-refractivity contribution in [2.45, 2.75) is 66.2 Å². The summed E-state index contributed by atoms with van der Waals surface area (Å²) in [5, 5.41) is 22.2. The van der Waals surface area contributed by atoms with Crippen molar-refractivity contribution in [3.05, 3.63) is 75.1 Å². The number of thiazole rings is 1. The summed E-state index contributed by atoms with van der Waals surface area (Å²) in [6, 6.07) is 5.24. The Morgan fingerprint density at radius 1 is 1.00 bits per heavy atom. The fourth-order valence-corrected chi connectivity index (χ4v) is 6.21. The summed E-state index contributed by atoms with van der Waals surface area (Å²) in [6.45, 7) is 11.2. The van der Waals surface area contributed by atoms with Crippen LogP contribution in [0.4, 0.5) is 0 Å². The molecule has 248 valence electrons. The average molecular weight is 663 g/mol. The van der Waals surface area contributed by atoms with E-state index in [4.69, 9.17) is 4.42 Å². The zero-order valence-electron chi connectivity index (χ0n) is 27.1. The van der Waals surface area contributed by atoms with Gasteiger partial charge in [0.2, 0.25) is 11.8 Å². The molecule has 0 fully saturated rings. The van der Waals surface area contributed by atoms with Crippen molar-refractivity contribution in [3.8, 4) is 0 Å². The number of aryl methyl sites for hydroxylation is 1. The predicted molar refractivity (Wildman–Crippen MR) is 170 cm³/mol. The number of hydrogen-bond acceptors (Lipinski definition) is 11. The number of tetrazole rings is 1. The van der Waals surface area contributed by atoms with Crippen LogP contribution in [-0.4, -0.2) is 77.8 Å². The fourth-order valence-electron chi connectivity index (χ4n) is 5.19. The molecule has 0 unspecified atom stereocenters. The zero-order valence-corrected chi connectivity index (χ0v) is 27.9. The maximum absolute atomic E-state index is 13.8. The molecule has 3 aromatic heterocycles. The fraction of sp³-hybridized carbons (Fsp3) is 0.452. The van der Waals surface area contributed by atoms with E-state index >= 15 is 0 Å². The molecule has 0 aliphatic carbocycles. The Balaban J connectivity index is 1.46. The minimum absolute atomic E-state index is 0.0343. The summed E-state index contributed by atoms with van der Waals surface area (Å²) < 4.78 is 7.44. The summed E-state index contributed by atoms with van der Waals surface area (Å²) in [5.41, 5.74) is 1.50. The van der Waals surface area contributed by atoms with Gasteiger partial charge >= 0.3 is 0 Å². The van der Waals surface area contributed by atoms with Gasteiger partial charge in [-0.2, -0.15) is 0 Å². The smallest absolute Gasteiger partial charge is 0.273 e. The molecule has 3 atom stereocenters. The second kappa shape index (κ2) is 14.2. The average Bonchev–Trinajstić information content (AvgIpc) is 3.79. The monoisotopic (exact) mass is 662 g/mol. The van der Waals surface area contributed by atoms with Crippen molar-refractivity contribution >= 4 is 35.0 Å². The molecule has 4 amide bonds. The first-order valence-electron chi connectivity index (χ1n) is 15.3. The van der Waals surface area contributed by atoms with Gasteiger partial charge in [-0.1, -0.05) is 39.8 Å². The molecule has 4 heterocycles. The van der Waals surface area contributed by atoms with Gasteiger partial charge in [0, 0.05) is 23.5 Å². The number of fused-ring (bicyclic) bond motifs is 4. The number of nitrogens with zero attached hydrogens (tertiary/aromatic N) is 7. The number of carbonyl (C=O) groups excluding carboxylic acids is 4. The SMILES string of the molecule is Cc1oc2nc1C(=O)N[C@H](C)CN(C(=O)c1ccc(Cn3cnnn3)cc1)CC(=O)N[C@@H](C(C)C)c1nc(cs1)C(=O)N[C@@H]2C(C)C. The number of hydrogen-bond donors (Lipinski definition) is 3. The third-order valence-electron chi connectivity index (χ3n) is 7.68. The maximum Gasteiger partial charge on any atom is 0.273 e. The highest BCUT2D eigenvalue weighted by Gasteiger charge is 2.31. The van der Waals surface area contributed by atoms with Crippen molar-refractivity contribution in [2.24, 2.45) is 11.8 Å². The van der Waals surface area contributed by atoms with Gasteiger partial charge in [0.25, 0.3) is 17.7 Å². The third kappa shape index (κ3) is 7.88. The van der Waals surface area contributed by atoms with Crippen LogP contribution in [0.15, 0.2) is 40.4 Å². The van der Waals surface area contributed by atoms with E-state index in [9.17, 15) is 19.2 Å². The summed E-state index contributed by atoms with van der Waals surface area (Å²) in [6.07, 6.45) is 1.50. The first kappa shape index (κ1) is 33.4. The molecule has 0 radical (unpaired) electrons. The van der Waals surface area contributed by atoms with Crippen LogP contribution in [0.5, 0.6) is 0 Å². The second-order valence-corrected chi connectivity index (χ2v) is 13.2. The van der Waals surface area contributed by atoms with E-state index in [1.54, 1.807) is 48.2 Å². The lowest BCUT2D eigenvalue weighted by Crippen LogP contribution is -2.48. The van der Waals surface area contributed by atoms with E-state index in [2.05, 4.69) is 41.4 Å². The number of benzene rings is 1. The molecule has 4 aromatic rings. The normalized spacial score (nSPS) is 19.6. The van der Waals surface area contributed by atoms with Crippen LogP contribution in [0, 0.1) is 18.8 Å². The van der Waals surface area contributed by atoms with Gasteiger partial charge in [0.05, 0.1) is 19.1 Å². The van der Waals surface area contributed by atoms with Gasteiger partial charge in [-0.3, -0.25) is 19.2 Å². The molecule has 47 heavy (non-hydrogen) atoms. The summed E-state index contributed by atoms with van der Waals surface area (Å²) >= 11 is 1.26. The van der Waals surface area contributed by atoms with Gasteiger partial charge < -0.3 is 25.3 Å². The van der Waals surface area contributed by atoms with Crippen LogP contribution < -0.4 is 16.0 Å². The maximum atomic E-state index is 13.8. The number of carbonyl (C=O) groups is 4. The van der Waals surface area contributed by atoms with Crippen LogP contribution in [0.3, 0.4) is 0 Å². The summed E-state index contributed by atoms with van der Waals surface area (Å²) in [5.74, 6) is -1.45. The van der Waals surface area contributed by atoms with Crippen molar-refractivity contribution in [3.63, 3.8) is 0 Å². The Morgan fingerprint density at radius 3 is 2.38 bits per heavy atom. The number of oxazole rings is 1. The molecule has 5 rings (SSSR count). The van der Waals surface area contributed by atoms with E-state index in [0.29, 0.717) is 17.1 Å². The molecular weight excluding hydrogens is 624 g/mol. The first-order valence-corrected chi connectivity index (χ1v) is 16.2. The predicted octanol–water partition coefficient (Wildman–Crippen LogP) is 2.69. The minimum Gasteiger partial charge on any atom is -0.443 e. The molecule has 1 aliphatic rings. The largest absolute Gasteiger partial charge is 0.443 e. The lowest BCUT2D eigenvalue weighted by Gasteiger charge is -2.28. The highest BCUT2D eigenvalue weighted by molar-refractivity contribution is 7.09. The topological polar surface area (TPSA) is 190 Å². The number of amides is 4. The lowest BCUT2D eigenvalue weighted by molar-refractivity contribution is -0.122. The van der Waals surface area contributed by atoms with Crippen LogP contribution in [0.2, 0.25) is 0 Å². The van der Waals surface area contributed by atoms with Gasteiger partial charge in [-0.25, -0.2) is 14.6 Å². The molecule has 4 bridgehead atoms. The molecule has 1 aliphatic heterocycles. The lowest BCUT2D eigenvalue weighted by atomic mass is 10.0. The van der Waals surface area contributed by atoms with Gasteiger partial charge in [0.1, 0.15) is 28.8 Å². The van der Waals surface area contributed by atoms with E-state index < -0.39 is 41.8 Å². The Morgan fingerprint density at radius 2 is 1.72 bits per heavy atom. The molecule has 0 saturated carbocycles. The quantitative estimate of drug-likeness (QED) is 0.286.